The molecule has 0 aliphatic heterocycles. The van der Waals surface area contributed by atoms with Gasteiger partial charge in [-0.25, -0.2) is 14.1 Å². The molecular weight excluding hydrogens is 353 g/mol. The molecule has 2 aromatic carbocycles. The second-order valence-corrected chi connectivity index (χ2v) is 7.01. The van der Waals surface area contributed by atoms with Crippen molar-refractivity contribution in [2.45, 2.75) is 20.0 Å². The maximum absolute atomic E-state index is 13.8. The molecule has 4 aromatic rings. The summed E-state index contributed by atoms with van der Waals surface area (Å²) in [5.41, 5.74) is 4.73. The van der Waals surface area contributed by atoms with Crippen molar-refractivity contribution in [2.24, 2.45) is 0 Å². The normalized spacial score (nSPS) is 11.3. The van der Waals surface area contributed by atoms with Crippen LogP contribution in [0.2, 0.25) is 0 Å². The Labute approximate surface area is 163 Å². The average Bonchev–Trinajstić information content (AvgIpc) is 3.32. The van der Waals surface area contributed by atoms with Crippen molar-refractivity contribution in [2.75, 3.05) is 7.05 Å². The molecule has 0 aliphatic carbocycles. The highest BCUT2D eigenvalue weighted by atomic mass is 19.1. The molecule has 0 atom stereocenters. The van der Waals surface area contributed by atoms with Gasteiger partial charge in [0.05, 0.1) is 17.9 Å². The van der Waals surface area contributed by atoms with E-state index in [1.165, 1.54) is 12.1 Å². The van der Waals surface area contributed by atoms with Gasteiger partial charge in [-0.1, -0.05) is 24.3 Å². The van der Waals surface area contributed by atoms with Gasteiger partial charge in [0.25, 0.3) is 0 Å². The van der Waals surface area contributed by atoms with Gasteiger partial charge in [0, 0.05) is 36.3 Å². The molecule has 2 aromatic heterocycles. The van der Waals surface area contributed by atoms with Gasteiger partial charge in [0.2, 0.25) is 0 Å². The molecule has 0 aliphatic rings. The second-order valence-electron chi connectivity index (χ2n) is 7.01. The Kier molecular flexibility index (Phi) is 5.04. The zero-order valence-corrected chi connectivity index (χ0v) is 15.9. The van der Waals surface area contributed by atoms with Crippen LogP contribution in [0.5, 0.6) is 0 Å². The number of nitrogens with one attached hydrogen (secondary N) is 1. The fourth-order valence-corrected chi connectivity index (χ4v) is 3.29. The Morgan fingerprint density at radius 2 is 1.96 bits per heavy atom. The van der Waals surface area contributed by atoms with Gasteiger partial charge in [-0.3, -0.25) is 4.90 Å². The minimum atomic E-state index is -0.266. The number of imidazole rings is 1. The van der Waals surface area contributed by atoms with Gasteiger partial charge in [0.1, 0.15) is 11.6 Å². The van der Waals surface area contributed by atoms with Crippen LogP contribution in [0.1, 0.15) is 17.0 Å². The summed E-state index contributed by atoms with van der Waals surface area (Å²) in [6, 6.07) is 14.7. The van der Waals surface area contributed by atoms with E-state index in [9.17, 15) is 4.39 Å². The van der Waals surface area contributed by atoms with Gasteiger partial charge < -0.3 is 4.98 Å². The third-order valence-electron chi connectivity index (χ3n) is 4.57. The number of hydrogen-bond donors (Lipinski definition) is 1. The number of aryl methyl sites for hydroxylation is 1. The van der Waals surface area contributed by atoms with E-state index < -0.39 is 0 Å². The summed E-state index contributed by atoms with van der Waals surface area (Å²) in [7, 11) is 2.03. The fraction of sp³-hybridized carbons (Fsp3) is 0.182. The summed E-state index contributed by atoms with van der Waals surface area (Å²) in [4.78, 5) is 9.56. The minimum absolute atomic E-state index is 0.266. The number of H-pyrrole nitrogens is 1. The molecule has 0 bridgehead atoms. The number of aromatic amines is 1. The van der Waals surface area contributed by atoms with Gasteiger partial charge in [-0.2, -0.15) is 5.10 Å². The first kappa shape index (κ1) is 18.1. The van der Waals surface area contributed by atoms with Gasteiger partial charge in [-0.05, 0) is 43.8 Å². The summed E-state index contributed by atoms with van der Waals surface area (Å²) in [6.07, 6.45) is 5.59. The summed E-state index contributed by atoms with van der Waals surface area (Å²) in [6.45, 7) is 3.40. The number of rotatable bonds is 6. The van der Waals surface area contributed by atoms with Crippen molar-refractivity contribution in [1.82, 2.24) is 24.6 Å². The molecule has 1 N–H and O–H groups in total. The number of benzene rings is 2. The van der Waals surface area contributed by atoms with E-state index in [0.29, 0.717) is 13.1 Å². The highest BCUT2D eigenvalue weighted by Crippen LogP contribution is 2.26. The molecule has 0 fully saturated rings. The summed E-state index contributed by atoms with van der Waals surface area (Å²) >= 11 is 0. The first-order valence-electron chi connectivity index (χ1n) is 9.17. The van der Waals surface area contributed by atoms with Crippen molar-refractivity contribution in [3.05, 3.63) is 89.9 Å². The van der Waals surface area contributed by atoms with Crippen molar-refractivity contribution in [1.29, 1.82) is 0 Å². The van der Waals surface area contributed by atoms with E-state index in [1.54, 1.807) is 12.3 Å². The van der Waals surface area contributed by atoms with Crippen LogP contribution in [0.15, 0.2) is 67.1 Å². The Morgan fingerprint density at radius 1 is 1.11 bits per heavy atom. The van der Waals surface area contributed by atoms with Crippen molar-refractivity contribution in [3.63, 3.8) is 0 Å². The molecule has 6 heteroatoms. The molecule has 0 saturated carbocycles. The van der Waals surface area contributed by atoms with Crippen LogP contribution >= 0.6 is 0 Å². The van der Waals surface area contributed by atoms with Crippen molar-refractivity contribution >= 4 is 0 Å². The SMILES string of the molecule is Cc1cccc(-n2cc(CN(C)Cc3ncc[nH]3)c(-c3cccc(F)c3)n2)c1. The average molecular weight is 375 g/mol. The number of aromatic nitrogens is 4. The summed E-state index contributed by atoms with van der Waals surface area (Å²) in [5, 5.41) is 4.78. The zero-order valence-electron chi connectivity index (χ0n) is 15.9. The van der Waals surface area contributed by atoms with E-state index >= 15 is 0 Å². The highest BCUT2D eigenvalue weighted by Gasteiger charge is 2.15. The standard InChI is InChI=1S/C22H22FN5/c1-16-5-3-8-20(11-16)28-14-18(13-27(2)15-21-24-9-10-25-21)22(26-28)17-6-4-7-19(23)12-17/h3-12,14H,13,15H2,1-2H3,(H,24,25). The molecule has 0 saturated heterocycles. The Morgan fingerprint density at radius 3 is 2.71 bits per heavy atom. The maximum atomic E-state index is 13.8. The topological polar surface area (TPSA) is 49.7 Å². The molecule has 2 heterocycles. The number of hydrogen-bond acceptors (Lipinski definition) is 3. The number of nitrogens with zero attached hydrogens (tertiary/aromatic N) is 4. The number of halogens is 1. The summed E-state index contributed by atoms with van der Waals surface area (Å²) < 4.78 is 15.7. The lowest BCUT2D eigenvalue weighted by molar-refractivity contribution is 0.312. The lowest BCUT2D eigenvalue weighted by Gasteiger charge is -2.15. The largest absolute Gasteiger partial charge is 0.348 e. The van der Waals surface area contributed by atoms with Gasteiger partial charge in [0.15, 0.2) is 0 Å². The highest BCUT2D eigenvalue weighted by molar-refractivity contribution is 5.63. The van der Waals surface area contributed by atoms with Crippen LogP contribution in [0.3, 0.4) is 0 Å². The fourth-order valence-electron chi connectivity index (χ4n) is 3.29. The molecule has 0 radical (unpaired) electrons. The monoisotopic (exact) mass is 375 g/mol. The van der Waals surface area contributed by atoms with Gasteiger partial charge >= 0.3 is 0 Å². The van der Waals surface area contributed by atoms with Crippen LogP contribution in [-0.2, 0) is 13.1 Å². The smallest absolute Gasteiger partial charge is 0.123 e. The first-order valence-corrected chi connectivity index (χ1v) is 9.17. The predicted molar refractivity (Wildman–Crippen MR) is 107 cm³/mol. The quantitative estimate of drug-likeness (QED) is 0.545. The van der Waals surface area contributed by atoms with Crippen LogP contribution in [-0.4, -0.2) is 31.7 Å². The van der Waals surface area contributed by atoms with Crippen molar-refractivity contribution in [3.8, 4) is 16.9 Å². The van der Waals surface area contributed by atoms with Crippen molar-refractivity contribution < 1.29 is 4.39 Å². The molecule has 0 unspecified atom stereocenters. The molecule has 28 heavy (non-hydrogen) atoms. The minimum Gasteiger partial charge on any atom is -0.348 e. The Balaban J connectivity index is 1.70. The maximum Gasteiger partial charge on any atom is 0.123 e. The first-order chi connectivity index (χ1) is 13.6. The Hall–Kier alpha value is -3.25. The van der Waals surface area contributed by atoms with E-state index in [1.807, 2.05) is 42.3 Å². The van der Waals surface area contributed by atoms with Crippen LogP contribution in [0.25, 0.3) is 16.9 Å². The lowest BCUT2D eigenvalue weighted by Crippen LogP contribution is -2.18. The zero-order chi connectivity index (χ0) is 19.5. The molecule has 0 amide bonds. The lowest BCUT2D eigenvalue weighted by atomic mass is 10.1. The Bertz CT molecular complexity index is 1070. The van der Waals surface area contributed by atoms with E-state index in [-0.39, 0.29) is 5.82 Å². The molecular formula is C22H22FN5. The third kappa shape index (κ3) is 4.02. The van der Waals surface area contributed by atoms with Crippen LogP contribution in [0.4, 0.5) is 4.39 Å². The van der Waals surface area contributed by atoms with Crippen LogP contribution in [0, 0.1) is 12.7 Å². The van der Waals surface area contributed by atoms with E-state index in [2.05, 4.69) is 33.9 Å². The molecule has 142 valence electrons. The van der Waals surface area contributed by atoms with E-state index in [0.717, 1.165) is 33.9 Å². The molecule has 0 spiro atoms. The molecule has 5 nitrogen and oxygen atoms in total. The third-order valence-corrected chi connectivity index (χ3v) is 4.57. The van der Waals surface area contributed by atoms with E-state index in [4.69, 9.17) is 5.10 Å². The second kappa shape index (κ2) is 7.78. The molecule has 4 rings (SSSR count). The van der Waals surface area contributed by atoms with Crippen LogP contribution < -0.4 is 0 Å². The predicted octanol–water partition coefficient (Wildman–Crippen LogP) is 4.34. The summed E-state index contributed by atoms with van der Waals surface area (Å²) in [5.74, 6) is 0.637. The van der Waals surface area contributed by atoms with Gasteiger partial charge in [-0.15, -0.1) is 0 Å².